The first-order valence-corrected chi connectivity index (χ1v) is 31.7. The van der Waals surface area contributed by atoms with E-state index in [1.54, 1.807) is 31.2 Å². The smallest absolute Gasteiger partial charge is 0.303 e. The maximum Gasteiger partial charge on any atom is 0.303 e. The number of Topliss-reactive ketones (excluding diaryl/α,β-unsaturated/α-hetero) is 1. The zero-order chi connectivity index (χ0) is 65.5. The molecule has 89 heavy (non-hydrogen) atoms. The van der Waals surface area contributed by atoms with Crippen molar-refractivity contribution < 1.29 is 53.7 Å². The normalized spacial score (nSPS) is 9.76. The molecule has 0 fully saturated rings. The molecule has 0 spiro atoms. The second kappa shape index (κ2) is 50.3. The van der Waals surface area contributed by atoms with Gasteiger partial charge in [-0.15, -0.1) is 0 Å². The van der Waals surface area contributed by atoms with Crippen molar-refractivity contribution in [2.75, 3.05) is 44.2 Å². The third-order valence-electron chi connectivity index (χ3n) is 11.9. The Hall–Kier alpha value is -7.60. The lowest BCUT2D eigenvalue weighted by molar-refractivity contribution is -0.138. The Kier molecular flexibility index (Phi) is 46.0. The highest BCUT2D eigenvalue weighted by molar-refractivity contribution is 9.11. The number of carboxylic acid groups (broad SMARTS) is 3. The molecule has 0 unspecified atom stereocenters. The maximum absolute atomic E-state index is 11.9. The van der Waals surface area contributed by atoms with Crippen LogP contribution in [0.5, 0.6) is 0 Å². The van der Waals surface area contributed by atoms with Crippen molar-refractivity contribution in [1.82, 2.24) is 0 Å². The first kappa shape index (κ1) is 81.4. The number of nitrogens with two attached hydrogens (primary N) is 4. The van der Waals surface area contributed by atoms with E-state index in [1.165, 1.54) is 0 Å². The number of anilines is 8. The third-order valence-corrected chi connectivity index (χ3v) is 14.7. The Morgan fingerprint density at radius 3 is 0.764 bits per heavy atom. The Morgan fingerprint density at radius 1 is 0.303 bits per heavy atom. The number of carbonyl (C=O) groups is 8. The number of nitrogen functional groups attached to an aromatic ring is 4. The molecule has 0 aromatic heterocycles. The van der Waals surface area contributed by atoms with Gasteiger partial charge in [0.15, 0.2) is 0 Å². The van der Waals surface area contributed by atoms with Crippen molar-refractivity contribution in [1.29, 1.82) is 0 Å². The number of halogens is 4. The quantitative estimate of drug-likeness (QED) is 0.0161. The van der Waals surface area contributed by atoms with Crippen LogP contribution in [0.25, 0.3) is 0 Å². The SMILES string of the molecule is C.CC(=O)CCCCCC(=O)O.Nc1ccccc1Br.Nc1ccccc1N.Nc1ccccc1NC(=O)CCCCCC(=O)Nc1ccccc1Br.O=C(O)CCCCCC(=O)Nc1ccccc1Br.O=C(O)CCCCCC(=O)Nc1ccccc1Br. The van der Waals surface area contributed by atoms with E-state index in [4.69, 9.17) is 38.3 Å². The van der Waals surface area contributed by atoms with Crippen LogP contribution in [-0.4, -0.2) is 62.6 Å². The monoisotopic (exact) mass is 1480 g/mol. The number of para-hydroxylation sites is 8. The summed E-state index contributed by atoms with van der Waals surface area (Å²) < 4.78 is 3.52. The van der Waals surface area contributed by atoms with Crippen LogP contribution in [0.3, 0.4) is 0 Å². The average Bonchev–Trinajstić information content (AvgIpc) is 3.56. The molecule has 0 bridgehead atoms. The molecule has 23 heteroatoms. The van der Waals surface area contributed by atoms with Gasteiger partial charge in [-0.25, -0.2) is 0 Å². The van der Waals surface area contributed by atoms with Gasteiger partial charge in [-0.1, -0.05) is 106 Å². The van der Waals surface area contributed by atoms with Gasteiger partial charge >= 0.3 is 17.9 Å². The van der Waals surface area contributed by atoms with E-state index in [2.05, 4.69) is 85.0 Å². The number of carboxylic acids is 3. The molecule has 0 saturated heterocycles. The van der Waals surface area contributed by atoms with E-state index >= 15 is 0 Å². The zero-order valence-corrected chi connectivity index (χ0v) is 55.8. The number of benzene rings is 6. The topological polar surface area (TPSA) is 349 Å². The fourth-order valence-electron chi connectivity index (χ4n) is 7.19. The van der Waals surface area contributed by atoms with Gasteiger partial charge in [0.25, 0.3) is 0 Å². The highest BCUT2D eigenvalue weighted by Crippen LogP contribution is 2.25. The van der Waals surface area contributed by atoms with Crippen molar-refractivity contribution in [2.24, 2.45) is 0 Å². The minimum atomic E-state index is -0.785. The summed E-state index contributed by atoms with van der Waals surface area (Å²) >= 11 is 13.4. The van der Waals surface area contributed by atoms with Crippen LogP contribution in [0.4, 0.5) is 45.5 Å². The lowest BCUT2D eigenvalue weighted by atomic mass is 10.1. The zero-order valence-electron chi connectivity index (χ0n) is 49.4. The molecular formula is C66H86Br4N8O11. The summed E-state index contributed by atoms with van der Waals surface area (Å²) in [7, 11) is 0. The molecule has 6 aromatic rings. The van der Waals surface area contributed by atoms with Gasteiger partial charge in [0.05, 0.1) is 39.8 Å². The molecule has 484 valence electrons. The minimum absolute atomic E-state index is 0. The summed E-state index contributed by atoms with van der Waals surface area (Å²) in [4.78, 5) is 88.1. The largest absolute Gasteiger partial charge is 0.481 e. The number of unbranched alkanes of at least 4 members (excludes halogenated alkanes) is 8. The fraction of sp³-hybridized carbons (Fsp3) is 0.333. The van der Waals surface area contributed by atoms with Crippen molar-refractivity contribution in [3.63, 3.8) is 0 Å². The molecule has 0 aliphatic carbocycles. The van der Waals surface area contributed by atoms with Gasteiger partial charge in [-0.2, -0.15) is 0 Å². The molecule has 6 rings (SSSR count). The Bertz CT molecular complexity index is 2840. The van der Waals surface area contributed by atoms with Gasteiger partial charge in [0.2, 0.25) is 23.6 Å². The molecule has 6 aromatic carbocycles. The summed E-state index contributed by atoms with van der Waals surface area (Å²) in [5, 5.41) is 36.5. The van der Waals surface area contributed by atoms with Gasteiger partial charge < -0.3 is 64.3 Å². The molecule has 4 amide bonds. The Labute approximate surface area is 556 Å². The molecule has 0 heterocycles. The minimum Gasteiger partial charge on any atom is -0.481 e. The second-order valence-corrected chi connectivity index (χ2v) is 22.9. The number of ketones is 1. The van der Waals surface area contributed by atoms with Crippen molar-refractivity contribution in [3.05, 3.63) is 163 Å². The summed E-state index contributed by atoms with van der Waals surface area (Å²) in [5.74, 6) is -2.31. The highest BCUT2D eigenvalue weighted by Gasteiger charge is 2.10. The number of aliphatic carboxylic acids is 3. The first-order valence-electron chi connectivity index (χ1n) is 28.5. The van der Waals surface area contributed by atoms with Crippen LogP contribution in [0.2, 0.25) is 0 Å². The van der Waals surface area contributed by atoms with E-state index in [0.29, 0.717) is 87.0 Å². The van der Waals surface area contributed by atoms with Crippen molar-refractivity contribution >= 4 is 157 Å². The molecule has 0 atom stereocenters. The van der Waals surface area contributed by atoms with E-state index in [1.807, 2.05) is 121 Å². The van der Waals surface area contributed by atoms with Gasteiger partial charge in [0.1, 0.15) is 5.78 Å². The van der Waals surface area contributed by atoms with E-state index in [-0.39, 0.29) is 56.1 Å². The Morgan fingerprint density at radius 2 is 0.528 bits per heavy atom. The first-order chi connectivity index (χ1) is 42.0. The predicted octanol–water partition coefficient (Wildman–Crippen LogP) is 16.5. The van der Waals surface area contributed by atoms with Gasteiger partial charge in [-0.05, 0) is 195 Å². The number of rotatable bonds is 28. The van der Waals surface area contributed by atoms with Crippen LogP contribution >= 0.6 is 63.7 Å². The van der Waals surface area contributed by atoms with E-state index in [9.17, 15) is 38.4 Å². The number of hydrogen-bond acceptors (Lipinski definition) is 12. The molecule has 0 aliphatic heterocycles. The fourth-order valence-corrected chi connectivity index (χ4v) is 8.62. The average molecular weight is 1490 g/mol. The van der Waals surface area contributed by atoms with Crippen molar-refractivity contribution in [2.45, 2.75) is 143 Å². The van der Waals surface area contributed by atoms with Gasteiger partial charge in [-0.3, -0.25) is 33.6 Å². The number of amides is 4. The number of nitrogens with one attached hydrogen (secondary N) is 4. The summed E-state index contributed by atoms with van der Waals surface area (Å²) in [6.45, 7) is 1.55. The summed E-state index contributed by atoms with van der Waals surface area (Å²) in [5.41, 5.74) is 27.6. The van der Waals surface area contributed by atoms with Crippen LogP contribution < -0.4 is 44.2 Å². The summed E-state index contributed by atoms with van der Waals surface area (Å²) in [6.07, 6.45) is 11.7. The Balaban J connectivity index is 0.00000109. The molecule has 0 radical (unpaired) electrons. The molecule has 15 N–H and O–H groups in total. The second-order valence-electron chi connectivity index (χ2n) is 19.5. The van der Waals surface area contributed by atoms with Crippen LogP contribution in [-0.2, 0) is 38.4 Å². The van der Waals surface area contributed by atoms with Crippen LogP contribution in [0, 0.1) is 0 Å². The molecular weight excluding hydrogens is 1400 g/mol. The maximum atomic E-state index is 11.9. The highest BCUT2D eigenvalue weighted by atomic mass is 79.9. The lowest BCUT2D eigenvalue weighted by Gasteiger charge is -2.08. The number of hydrogen-bond donors (Lipinski definition) is 11. The van der Waals surface area contributed by atoms with Crippen LogP contribution in [0.1, 0.15) is 143 Å². The standard InChI is InChI=1S/C19H22BrN3O2.2C13H16BrNO3.C8H14O3.C6H6BrN.C6H8N2.CH4/c20-14-8-4-6-10-16(14)22-18(24)12-2-1-3-13-19(25)23-17-11-7-5-9-15(17)21;2*14-10-6-4-5-7-11(10)15-12(16)8-2-1-3-9-13(17)18;1-7(9)5-3-2-4-6-8(10)11;2*7-5-3-1-2-4-6(5)8;/h4-11H,1-3,12-13,21H2,(H,22,24)(H,23,25);2*4-7H,1-3,8-9H2,(H,15,16)(H,17,18);2-6H2,1H3,(H,10,11);1-4H,8H2;1-4H,7-8H2;1H4. The van der Waals surface area contributed by atoms with Crippen LogP contribution in [0.15, 0.2) is 163 Å². The van der Waals surface area contributed by atoms with E-state index < -0.39 is 17.9 Å². The van der Waals surface area contributed by atoms with Gasteiger partial charge in [0, 0.05) is 74.9 Å². The third kappa shape index (κ3) is 43.7. The molecule has 0 aliphatic rings. The summed E-state index contributed by atoms with van der Waals surface area (Å²) in [6, 6.07) is 44.4. The molecule has 0 saturated carbocycles. The molecule has 19 nitrogen and oxygen atoms in total. The predicted molar refractivity (Wildman–Crippen MR) is 374 cm³/mol. The lowest BCUT2D eigenvalue weighted by Crippen LogP contribution is -2.13. The van der Waals surface area contributed by atoms with Crippen molar-refractivity contribution in [3.8, 4) is 0 Å². The number of carbonyl (C=O) groups excluding carboxylic acids is 5. The van der Waals surface area contributed by atoms with E-state index in [0.717, 1.165) is 85.6 Å².